The number of anilines is 4. The molecule has 0 radical (unpaired) electrons. The summed E-state index contributed by atoms with van der Waals surface area (Å²) in [7, 11) is 0. The van der Waals surface area contributed by atoms with Crippen molar-refractivity contribution in [3.63, 3.8) is 0 Å². The van der Waals surface area contributed by atoms with Crippen molar-refractivity contribution in [1.29, 1.82) is 0 Å². The Bertz CT molecular complexity index is 5000. The normalized spacial score (nSPS) is 19.9. The third-order valence-corrected chi connectivity index (χ3v) is 23.0. The zero-order chi connectivity index (χ0) is 89.3. The lowest BCUT2D eigenvalue weighted by Gasteiger charge is -2.47. The van der Waals surface area contributed by atoms with Gasteiger partial charge in [0, 0.05) is 119 Å². The van der Waals surface area contributed by atoms with Crippen LogP contribution in [0.1, 0.15) is 185 Å². The van der Waals surface area contributed by atoms with E-state index in [0.717, 1.165) is 113 Å². The van der Waals surface area contributed by atoms with Gasteiger partial charge in [0.2, 0.25) is 5.91 Å². The minimum absolute atomic E-state index is 0.131. The maximum Gasteiger partial charge on any atom is 0.234 e. The molecule has 1 aliphatic carbocycles. The molecule has 656 valence electrons. The number of β-lactam (4-membered cyclic amide) rings is 1. The predicted octanol–water partition coefficient (Wildman–Crippen LogP) is 25.2. The summed E-state index contributed by atoms with van der Waals surface area (Å²) in [5.41, 5.74) is 10.9. The van der Waals surface area contributed by atoms with Crippen LogP contribution in [0, 0.1) is 84.8 Å². The van der Waals surface area contributed by atoms with Crippen LogP contribution >= 0.6 is 0 Å². The summed E-state index contributed by atoms with van der Waals surface area (Å²) in [5.74, 6) is -2.88. The van der Waals surface area contributed by atoms with Crippen LogP contribution in [0.3, 0.4) is 0 Å². The highest BCUT2D eigenvalue weighted by atomic mass is 19.2. The van der Waals surface area contributed by atoms with Crippen molar-refractivity contribution in [2.75, 3.05) is 98.2 Å². The van der Waals surface area contributed by atoms with Gasteiger partial charge >= 0.3 is 0 Å². The number of halogens is 9. The Morgan fingerprint density at radius 3 is 1.25 bits per heavy atom. The Labute approximate surface area is 720 Å². The fourth-order valence-corrected chi connectivity index (χ4v) is 17.0. The number of fused-ring (bicyclic) bond motifs is 3. The second kappa shape index (κ2) is 38.3. The Balaban J connectivity index is 0.000000144. The first-order chi connectivity index (χ1) is 56.9. The molecule has 9 aromatic carbocycles. The molecule has 9 aromatic rings. The van der Waals surface area contributed by atoms with Gasteiger partial charge in [-0.2, -0.15) is 0 Å². The third-order valence-electron chi connectivity index (χ3n) is 23.0. The second-order valence-corrected chi connectivity index (χ2v) is 40.5. The van der Waals surface area contributed by atoms with Crippen LogP contribution in [0.2, 0.25) is 0 Å². The number of benzene rings is 9. The molecule has 0 bridgehead atoms. The second-order valence-electron chi connectivity index (χ2n) is 40.5. The molecule has 6 saturated heterocycles. The molecule has 6 fully saturated rings. The van der Waals surface area contributed by atoms with Crippen LogP contribution in [0.15, 0.2) is 206 Å². The molecule has 0 saturated carbocycles. The summed E-state index contributed by atoms with van der Waals surface area (Å²) in [5, 5.41) is 0. The summed E-state index contributed by atoms with van der Waals surface area (Å²) >= 11 is 0. The molecule has 0 aromatic heterocycles. The molecular weight excluding hydrogens is 1560 g/mol. The molecule has 19 heteroatoms. The summed E-state index contributed by atoms with van der Waals surface area (Å²) in [6.45, 7) is 55.5. The van der Waals surface area contributed by atoms with E-state index in [1.165, 1.54) is 107 Å². The number of allylic oxidation sites excluding steroid dienone is 1. The molecule has 122 heavy (non-hydrogen) atoms. The van der Waals surface area contributed by atoms with Crippen molar-refractivity contribution < 1.29 is 58.5 Å². The maximum atomic E-state index is 13.5. The van der Waals surface area contributed by atoms with E-state index in [1.54, 1.807) is 13.8 Å². The van der Waals surface area contributed by atoms with Crippen molar-refractivity contribution in [1.82, 2.24) is 9.80 Å². The molecule has 8 aliphatic heterocycles. The van der Waals surface area contributed by atoms with Crippen LogP contribution in [0.25, 0.3) is 6.08 Å². The number of amides is 1. The average molecular weight is 1680 g/mol. The first kappa shape index (κ1) is 94.7. The Hall–Kier alpha value is -9.56. The van der Waals surface area contributed by atoms with Gasteiger partial charge in [0.15, 0.2) is 11.5 Å². The minimum atomic E-state index is -0.696. The van der Waals surface area contributed by atoms with E-state index < -0.39 is 52.0 Å². The number of carbonyl (C=O) groups excluding carboxylic acids is 1. The van der Waals surface area contributed by atoms with Gasteiger partial charge in [0.05, 0.1) is 33.7 Å². The number of likely N-dealkylation sites (tertiary alicyclic amines) is 2. The van der Waals surface area contributed by atoms with Gasteiger partial charge in [-0.25, -0.2) is 39.5 Å². The molecule has 0 N–H and O–H groups in total. The summed E-state index contributed by atoms with van der Waals surface area (Å²) in [6.07, 6.45) is 6.84. The lowest BCUT2D eigenvalue weighted by atomic mass is 9.82. The SMILES string of the molecule is CC1(C)C=Cc2ccccc21.CC1(C)CCN(Cc2ccccc2)C1.CC1(C)CCN(c2ccc(F)cc2F)C1.CC1(C)CN(Cc2ccc(F)cc2F)C1.CC1(C)CN(c2ccc(F)cc2)C1.CC1(C)CN(c2ccc(F)cc2F)C1.CC1(C)CN(c2ccc(F)cc2F)C1=O.CC1(C)COc2ccccc2O1.CC1(C)OC(C)(C)c2ccccc21. The third kappa shape index (κ3) is 26.0. The van der Waals surface area contributed by atoms with Crippen molar-refractivity contribution in [3.05, 3.63) is 292 Å². The molecule has 0 unspecified atom stereocenters. The van der Waals surface area contributed by atoms with Crippen molar-refractivity contribution in [2.45, 2.75) is 187 Å². The van der Waals surface area contributed by atoms with Crippen LogP contribution in [0.5, 0.6) is 11.5 Å². The fraction of sp³-hybridized carbons (Fsp3) is 0.447. The van der Waals surface area contributed by atoms with Crippen molar-refractivity contribution in [3.8, 4) is 11.5 Å². The predicted molar refractivity (Wildman–Crippen MR) is 478 cm³/mol. The average Bonchev–Trinajstić information content (AvgIpc) is 1.54. The smallest absolute Gasteiger partial charge is 0.234 e. The molecule has 8 heterocycles. The molecule has 9 aliphatic rings. The van der Waals surface area contributed by atoms with Gasteiger partial charge in [-0.1, -0.05) is 192 Å². The number of ether oxygens (including phenoxy) is 3. The van der Waals surface area contributed by atoms with Gasteiger partial charge in [0.25, 0.3) is 0 Å². The highest BCUT2D eigenvalue weighted by Crippen LogP contribution is 2.47. The zero-order valence-corrected chi connectivity index (χ0v) is 75.2. The van der Waals surface area contributed by atoms with Crippen LogP contribution in [-0.2, 0) is 39.2 Å². The summed E-state index contributed by atoms with van der Waals surface area (Å²) in [6, 6.07) is 56.7. The number of hydrogen-bond donors (Lipinski definition) is 0. The number of carbonyl (C=O) groups is 1. The molecule has 0 atom stereocenters. The van der Waals surface area contributed by atoms with Gasteiger partial charge in [-0.15, -0.1) is 0 Å². The van der Waals surface area contributed by atoms with E-state index in [4.69, 9.17) is 14.2 Å². The van der Waals surface area contributed by atoms with Crippen molar-refractivity contribution in [2.24, 2.45) is 32.5 Å². The molecule has 10 nitrogen and oxygen atoms in total. The van der Waals surface area contributed by atoms with Crippen LogP contribution in [-0.4, -0.2) is 99.9 Å². The van der Waals surface area contributed by atoms with E-state index in [9.17, 15) is 44.3 Å². The number of hydrogen-bond acceptors (Lipinski definition) is 9. The standard InChI is InChI=1S/C13H19N.2C12H15F2N.C12H16O.C11H11F2NO.C11H13F2N.C11H14FN.C11H12.C10H12O2/c1-13(2)8-9-14(11-13)10-12-6-4-3-5-7-12;1-12(2)7-15(8-12)6-9-3-4-10(13)5-11(9)14;1-12(2)5-6-15(8-12)11-4-3-9(13)7-10(11)14;1-11(2)9-7-5-6-8-10(9)12(3,4)13-11;1-11(2)6-14(10(11)15)9-4-3-7(12)5-8(9)13;1-11(2)6-14(7-11)10-4-3-8(12)5-9(10)13;1-11(2)7-13(8-11)10-5-3-9(12)4-6-10;1-11(2)8-7-9-5-3-4-6-10(9)11;1-10(2)7-11-8-5-3-4-6-9(8)12-10/h3-7H,8-11H2,1-2H3;3-5H,6-8H2,1-2H3;3-4,7H,5-6,8H2,1-2H3;5-8H,1-4H3;3-5H,6H2,1-2H3;3-5H,6-7H2,1-2H3;3-6H,7-8H2,1-2H3;3-8H,1-2H3;3-6H,7H2,1-2H3. The van der Waals surface area contributed by atoms with E-state index in [-0.39, 0.29) is 50.5 Å². The monoisotopic (exact) mass is 1680 g/mol. The maximum absolute atomic E-state index is 13.5. The van der Waals surface area contributed by atoms with Crippen LogP contribution in [0.4, 0.5) is 62.3 Å². The topological polar surface area (TPSA) is 64.2 Å². The lowest BCUT2D eigenvalue weighted by molar-refractivity contribution is -0.132. The Kier molecular flexibility index (Phi) is 29.7. The van der Waals surface area contributed by atoms with E-state index in [0.29, 0.717) is 52.9 Å². The molecule has 18 rings (SSSR count). The number of nitrogens with zero attached hydrogens (tertiary/aromatic N) is 6. The number of para-hydroxylation sites is 2. The Morgan fingerprint density at radius 1 is 0.361 bits per heavy atom. The Morgan fingerprint density at radius 2 is 0.787 bits per heavy atom. The van der Waals surface area contributed by atoms with E-state index in [1.807, 2.05) is 60.0 Å². The first-order valence-corrected chi connectivity index (χ1v) is 42.5. The molecular formula is C103H127F9N6O4. The molecule has 1 amide bonds. The molecule has 0 spiro atoms. The number of rotatable bonds is 8. The summed E-state index contributed by atoms with van der Waals surface area (Å²) in [4.78, 5) is 23.8. The van der Waals surface area contributed by atoms with E-state index >= 15 is 0 Å². The van der Waals surface area contributed by atoms with Gasteiger partial charge < -0.3 is 33.8 Å². The van der Waals surface area contributed by atoms with Gasteiger partial charge in [-0.3, -0.25) is 14.6 Å². The van der Waals surface area contributed by atoms with Crippen LogP contribution < -0.4 is 29.1 Å². The quantitative estimate of drug-likeness (QED) is 0.109. The lowest BCUT2D eigenvalue weighted by Crippen LogP contribution is -2.59. The zero-order valence-electron chi connectivity index (χ0n) is 75.2. The van der Waals surface area contributed by atoms with Gasteiger partial charge in [-0.05, 0) is 209 Å². The van der Waals surface area contributed by atoms with Gasteiger partial charge in [0.1, 0.15) is 64.6 Å². The fourth-order valence-electron chi connectivity index (χ4n) is 17.0. The summed E-state index contributed by atoms with van der Waals surface area (Å²) < 4.78 is 134. The van der Waals surface area contributed by atoms with E-state index in [2.05, 4.69) is 216 Å². The largest absolute Gasteiger partial charge is 0.486 e. The highest BCUT2D eigenvalue weighted by Gasteiger charge is 2.46. The minimum Gasteiger partial charge on any atom is -0.486 e. The van der Waals surface area contributed by atoms with Crippen molar-refractivity contribution >= 4 is 34.7 Å². The highest BCUT2D eigenvalue weighted by molar-refractivity contribution is 6.04. The first-order valence-electron chi connectivity index (χ1n) is 42.5.